The number of benzene rings is 1. The summed E-state index contributed by atoms with van der Waals surface area (Å²) in [6.45, 7) is 3.48. The van der Waals surface area contributed by atoms with Gasteiger partial charge < -0.3 is 10.2 Å². The summed E-state index contributed by atoms with van der Waals surface area (Å²) >= 11 is 0. The molecule has 2 amide bonds. The number of sulfonamides is 1. The van der Waals surface area contributed by atoms with Crippen LogP contribution < -0.4 is 5.32 Å². The number of hydrogen-bond acceptors (Lipinski definition) is 4. The van der Waals surface area contributed by atoms with E-state index in [2.05, 4.69) is 10.4 Å². The predicted octanol–water partition coefficient (Wildman–Crippen LogP) is 1.66. The van der Waals surface area contributed by atoms with Crippen LogP contribution in [0.25, 0.3) is 0 Å². The van der Waals surface area contributed by atoms with E-state index in [0.29, 0.717) is 26.1 Å². The number of hydrogen-bond donors (Lipinski definition) is 1. The van der Waals surface area contributed by atoms with Gasteiger partial charge in [0.05, 0.1) is 6.20 Å². The summed E-state index contributed by atoms with van der Waals surface area (Å²) in [6.07, 6.45) is 3.42. The molecule has 1 N–H and O–H groups in total. The van der Waals surface area contributed by atoms with E-state index in [0.717, 1.165) is 11.3 Å². The van der Waals surface area contributed by atoms with Crippen LogP contribution in [0.15, 0.2) is 41.6 Å². The molecule has 140 valence electrons. The fourth-order valence-electron chi connectivity index (χ4n) is 2.86. The Hall–Kier alpha value is -2.39. The first-order valence-electron chi connectivity index (χ1n) is 8.48. The molecule has 3 rings (SSSR count). The molecule has 1 saturated heterocycles. The van der Waals surface area contributed by atoms with Crippen molar-refractivity contribution in [1.82, 2.24) is 19.0 Å². The smallest absolute Gasteiger partial charge is 0.321 e. The van der Waals surface area contributed by atoms with Gasteiger partial charge in [0, 0.05) is 45.1 Å². The molecule has 0 bridgehead atoms. The Morgan fingerprint density at radius 2 is 1.85 bits per heavy atom. The average molecular weight is 377 g/mol. The number of rotatable bonds is 3. The number of anilines is 1. The number of aromatic nitrogens is 2. The topological polar surface area (TPSA) is 87.5 Å². The number of nitrogens with one attached hydrogen (secondary N) is 1. The molecule has 0 radical (unpaired) electrons. The van der Waals surface area contributed by atoms with E-state index in [1.165, 1.54) is 21.4 Å². The van der Waals surface area contributed by atoms with Gasteiger partial charge in [-0.25, -0.2) is 13.2 Å². The second-order valence-corrected chi connectivity index (χ2v) is 8.33. The Kier molecular flexibility index (Phi) is 5.28. The largest absolute Gasteiger partial charge is 0.323 e. The molecule has 2 aromatic rings. The van der Waals surface area contributed by atoms with Crippen LogP contribution in [-0.4, -0.2) is 59.6 Å². The number of carbonyl (C=O) groups excluding carboxylic acids is 1. The van der Waals surface area contributed by atoms with Gasteiger partial charge in [-0.2, -0.15) is 9.40 Å². The van der Waals surface area contributed by atoms with Crippen molar-refractivity contribution >= 4 is 21.7 Å². The maximum Gasteiger partial charge on any atom is 0.321 e. The summed E-state index contributed by atoms with van der Waals surface area (Å²) in [7, 11) is -1.91. The zero-order valence-electron chi connectivity index (χ0n) is 14.9. The van der Waals surface area contributed by atoms with Crippen molar-refractivity contribution in [2.75, 3.05) is 31.5 Å². The summed E-state index contributed by atoms with van der Waals surface area (Å²) in [5.74, 6) is 0. The third kappa shape index (κ3) is 4.05. The lowest BCUT2D eigenvalue weighted by atomic mass is 10.2. The van der Waals surface area contributed by atoms with Crippen molar-refractivity contribution in [2.24, 2.45) is 7.05 Å². The van der Waals surface area contributed by atoms with Gasteiger partial charge in [-0.1, -0.05) is 17.7 Å². The number of urea groups is 1. The number of amides is 2. The first-order valence-corrected chi connectivity index (χ1v) is 9.92. The Labute approximate surface area is 153 Å². The van der Waals surface area contributed by atoms with Gasteiger partial charge in [0.1, 0.15) is 4.90 Å². The fraction of sp³-hybridized carbons (Fsp3) is 0.412. The number of carbonyl (C=O) groups is 1. The zero-order chi connectivity index (χ0) is 18.7. The molecule has 0 aliphatic carbocycles. The van der Waals surface area contributed by atoms with Crippen LogP contribution in [0, 0.1) is 6.92 Å². The third-order valence-electron chi connectivity index (χ3n) is 4.36. The lowest BCUT2D eigenvalue weighted by molar-refractivity contribution is 0.214. The SMILES string of the molecule is Cc1ccc(NC(=O)N2CCCN(S(=O)(=O)c3cnn(C)c3)CC2)cc1. The molecule has 0 spiro atoms. The highest BCUT2D eigenvalue weighted by atomic mass is 32.2. The van der Waals surface area contributed by atoms with Crippen LogP contribution in [0.1, 0.15) is 12.0 Å². The third-order valence-corrected chi connectivity index (χ3v) is 6.22. The lowest BCUT2D eigenvalue weighted by Gasteiger charge is -2.22. The molecule has 1 aliphatic heterocycles. The van der Waals surface area contributed by atoms with Crippen LogP contribution in [0.5, 0.6) is 0 Å². The quantitative estimate of drug-likeness (QED) is 0.881. The molecule has 1 aromatic heterocycles. The summed E-state index contributed by atoms with van der Waals surface area (Å²) in [5.41, 5.74) is 1.85. The summed E-state index contributed by atoms with van der Waals surface area (Å²) < 4.78 is 28.3. The van der Waals surface area contributed by atoms with Crippen LogP contribution in [0.4, 0.5) is 10.5 Å². The minimum Gasteiger partial charge on any atom is -0.323 e. The highest BCUT2D eigenvalue weighted by molar-refractivity contribution is 7.89. The van der Waals surface area contributed by atoms with Gasteiger partial charge in [0.15, 0.2) is 0 Å². The Balaban J connectivity index is 1.64. The van der Waals surface area contributed by atoms with Gasteiger partial charge in [-0.3, -0.25) is 4.68 Å². The minimum absolute atomic E-state index is 0.178. The molecule has 1 aliphatic rings. The standard InChI is InChI=1S/C17H23N5O3S/c1-14-4-6-15(7-5-14)19-17(23)21-8-3-9-22(11-10-21)26(24,25)16-12-18-20(2)13-16/h4-7,12-13H,3,8-11H2,1-2H3,(H,19,23). The van der Waals surface area contributed by atoms with Crippen molar-refractivity contribution in [3.05, 3.63) is 42.2 Å². The minimum atomic E-state index is -3.59. The molecule has 0 atom stereocenters. The first-order chi connectivity index (χ1) is 12.4. The lowest BCUT2D eigenvalue weighted by Crippen LogP contribution is -2.39. The van der Waals surface area contributed by atoms with Gasteiger partial charge in [-0.15, -0.1) is 0 Å². The van der Waals surface area contributed by atoms with Crippen molar-refractivity contribution in [2.45, 2.75) is 18.2 Å². The second-order valence-electron chi connectivity index (χ2n) is 6.39. The molecular formula is C17H23N5O3S. The Bertz CT molecular complexity index is 876. The summed E-state index contributed by atoms with van der Waals surface area (Å²) in [6, 6.07) is 7.35. The molecule has 26 heavy (non-hydrogen) atoms. The zero-order valence-corrected chi connectivity index (χ0v) is 15.7. The molecule has 2 heterocycles. The molecule has 1 aromatic carbocycles. The molecule has 9 heteroatoms. The monoisotopic (exact) mass is 377 g/mol. The number of aryl methyl sites for hydroxylation is 2. The highest BCUT2D eigenvalue weighted by Gasteiger charge is 2.29. The van der Waals surface area contributed by atoms with E-state index < -0.39 is 10.0 Å². The Morgan fingerprint density at radius 1 is 1.12 bits per heavy atom. The second kappa shape index (κ2) is 7.46. The maximum atomic E-state index is 12.7. The van der Waals surface area contributed by atoms with E-state index in [9.17, 15) is 13.2 Å². The van der Waals surface area contributed by atoms with E-state index in [1.807, 2.05) is 31.2 Å². The van der Waals surface area contributed by atoms with Crippen molar-refractivity contribution in [3.8, 4) is 0 Å². The maximum absolute atomic E-state index is 12.7. The van der Waals surface area contributed by atoms with Crippen LogP contribution in [0.2, 0.25) is 0 Å². The molecular weight excluding hydrogens is 354 g/mol. The van der Waals surface area contributed by atoms with Crippen molar-refractivity contribution < 1.29 is 13.2 Å². The number of nitrogens with zero attached hydrogens (tertiary/aromatic N) is 4. The van der Waals surface area contributed by atoms with Crippen LogP contribution in [0.3, 0.4) is 0 Å². The van der Waals surface area contributed by atoms with Crippen LogP contribution in [-0.2, 0) is 17.1 Å². The first kappa shape index (κ1) is 18.4. The Morgan fingerprint density at radius 3 is 2.50 bits per heavy atom. The van der Waals surface area contributed by atoms with E-state index in [4.69, 9.17) is 0 Å². The predicted molar refractivity (Wildman–Crippen MR) is 98.4 cm³/mol. The van der Waals surface area contributed by atoms with E-state index in [1.54, 1.807) is 11.9 Å². The fourth-order valence-corrected chi connectivity index (χ4v) is 4.31. The molecule has 1 fully saturated rings. The van der Waals surface area contributed by atoms with Gasteiger partial charge in [0.25, 0.3) is 0 Å². The molecule has 8 nitrogen and oxygen atoms in total. The van der Waals surface area contributed by atoms with Crippen molar-refractivity contribution in [3.63, 3.8) is 0 Å². The van der Waals surface area contributed by atoms with Crippen LogP contribution >= 0.6 is 0 Å². The van der Waals surface area contributed by atoms with Crippen molar-refractivity contribution in [1.29, 1.82) is 0 Å². The highest BCUT2D eigenvalue weighted by Crippen LogP contribution is 2.17. The molecule has 0 saturated carbocycles. The summed E-state index contributed by atoms with van der Waals surface area (Å²) in [4.78, 5) is 14.3. The van der Waals surface area contributed by atoms with Gasteiger partial charge >= 0.3 is 6.03 Å². The molecule has 0 unspecified atom stereocenters. The average Bonchev–Trinajstić information content (AvgIpc) is 2.90. The normalized spacial score (nSPS) is 16.3. The van der Waals surface area contributed by atoms with E-state index >= 15 is 0 Å². The van der Waals surface area contributed by atoms with E-state index in [-0.39, 0.29) is 17.5 Å². The van der Waals surface area contributed by atoms with Gasteiger partial charge in [-0.05, 0) is 25.5 Å². The van der Waals surface area contributed by atoms with Gasteiger partial charge in [0.2, 0.25) is 10.0 Å². The summed E-state index contributed by atoms with van der Waals surface area (Å²) in [5, 5.41) is 6.79.